The number of anilines is 2. The number of nitrogens with zero attached hydrogens (tertiary/aromatic N) is 4. The Morgan fingerprint density at radius 3 is 2.13 bits per heavy atom. The lowest BCUT2D eigenvalue weighted by Crippen LogP contribution is -2.31. The molecule has 1 N–H and O–H groups in total. The molecule has 0 aliphatic heterocycles. The Labute approximate surface area is 183 Å². The Morgan fingerprint density at radius 1 is 1.00 bits per heavy atom. The number of hydrazone groups is 1. The predicted molar refractivity (Wildman–Crippen MR) is 124 cm³/mol. The quantitative estimate of drug-likeness (QED) is 0.318. The first kappa shape index (κ1) is 24.3. The van der Waals surface area contributed by atoms with E-state index in [9.17, 15) is 18.5 Å². The van der Waals surface area contributed by atoms with E-state index >= 15 is 0 Å². The number of nitro groups is 1. The molecule has 0 atom stereocenters. The molecule has 0 saturated heterocycles. The van der Waals surface area contributed by atoms with Gasteiger partial charge in [-0.05, 0) is 37.6 Å². The third-order valence-electron chi connectivity index (χ3n) is 4.92. The van der Waals surface area contributed by atoms with E-state index in [-0.39, 0.29) is 29.4 Å². The van der Waals surface area contributed by atoms with Crippen LogP contribution >= 0.6 is 0 Å². The summed E-state index contributed by atoms with van der Waals surface area (Å²) in [5, 5.41) is 15.3. The SMILES string of the molecule is CCN(CC)c1ccc(C=NNc2ccc([N+](=O)[O-])cc2S(=O)(=O)N(CC)CC)cc1. The number of rotatable bonds is 11. The van der Waals surface area contributed by atoms with E-state index in [1.807, 2.05) is 24.3 Å². The Kier molecular flexibility index (Phi) is 8.52. The van der Waals surface area contributed by atoms with E-state index < -0.39 is 14.9 Å². The summed E-state index contributed by atoms with van der Waals surface area (Å²) in [6, 6.07) is 11.5. The molecule has 9 nitrogen and oxygen atoms in total. The van der Waals surface area contributed by atoms with Crippen LogP contribution in [0.4, 0.5) is 17.1 Å². The van der Waals surface area contributed by atoms with Crippen molar-refractivity contribution in [1.82, 2.24) is 4.31 Å². The Hall–Kier alpha value is -2.98. The monoisotopic (exact) mass is 447 g/mol. The molecule has 0 fully saturated rings. The minimum Gasteiger partial charge on any atom is -0.372 e. The van der Waals surface area contributed by atoms with E-state index in [0.717, 1.165) is 30.4 Å². The maximum atomic E-state index is 13.0. The number of hydrogen-bond donors (Lipinski definition) is 1. The summed E-state index contributed by atoms with van der Waals surface area (Å²) in [5.41, 5.74) is 4.54. The van der Waals surface area contributed by atoms with Gasteiger partial charge in [0.15, 0.2) is 0 Å². The van der Waals surface area contributed by atoms with Crippen LogP contribution in [0.15, 0.2) is 52.5 Å². The number of nitro benzene ring substituents is 1. The average molecular weight is 448 g/mol. The van der Waals surface area contributed by atoms with Crippen LogP contribution in [-0.2, 0) is 10.0 Å². The van der Waals surface area contributed by atoms with Crippen LogP contribution < -0.4 is 10.3 Å². The van der Waals surface area contributed by atoms with Crippen molar-refractivity contribution in [2.75, 3.05) is 36.5 Å². The summed E-state index contributed by atoms with van der Waals surface area (Å²) in [5.74, 6) is 0. The molecule has 0 aliphatic rings. The summed E-state index contributed by atoms with van der Waals surface area (Å²) in [6.45, 7) is 9.95. The van der Waals surface area contributed by atoms with Gasteiger partial charge in [-0.25, -0.2) is 8.42 Å². The highest BCUT2D eigenvalue weighted by molar-refractivity contribution is 7.89. The Balaban J connectivity index is 2.31. The summed E-state index contributed by atoms with van der Waals surface area (Å²) in [6.07, 6.45) is 1.57. The molecule has 0 amide bonds. The zero-order chi connectivity index (χ0) is 23.0. The maximum Gasteiger partial charge on any atom is 0.270 e. The van der Waals surface area contributed by atoms with Gasteiger partial charge in [0.2, 0.25) is 10.0 Å². The molecule has 168 valence electrons. The molecule has 0 spiro atoms. The van der Waals surface area contributed by atoms with E-state index in [1.165, 1.54) is 16.4 Å². The van der Waals surface area contributed by atoms with Crippen molar-refractivity contribution >= 4 is 33.3 Å². The fraction of sp³-hybridized carbons (Fsp3) is 0.381. The number of benzene rings is 2. The van der Waals surface area contributed by atoms with Gasteiger partial charge in [0.05, 0.1) is 16.8 Å². The standard InChI is InChI=1S/C21H29N5O4S/c1-5-24(6-2)18-11-9-17(10-12-18)16-22-23-20-14-13-19(26(27)28)15-21(20)31(29,30)25(7-3)8-4/h9-16,23H,5-8H2,1-4H3. The van der Waals surface area contributed by atoms with Gasteiger partial charge in [0.25, 0.3) is 5.69 Å². The first-order chi connectivity index (χ1) is 14.8. The van der Waals surface area contributed by atoms with Crippen LogP contribution in [0.1, 0.15) is 33.3 Å². The molecule has 31 heavy (non-hydrogen) atoms. The molecule has 10 heteroatoms. The number of hydrogen-bond acceptors (Lipinski definition) is 7. The van der Waals surface area contributed by atoms with Crippen LogP contribution in [0.25, 0.3) is 0 Å². The van der Waals surface area contributed by atoms with Crippen LogP contribution in [0.3, 0.4) is 0 Å². The third kappa shape index (κ3) is 5.80. The molecular formula is C21H29N5O4S. The number of nitrogens with one attached hydrogen (secondary N) is 1. The first-order valence-electron chi connectivity index (χ1n) is 10.2. The van der Waals surface area contributed by atoms with Crippen LogP contribution in [0, 0.1) is 10.1 Å². The molecule has 2 rings (SSSR count). The van der Waals surface area contributed by atoms with Crippen molar-refractivity contribution in [2.24, 2.45) is 5.10 Å². The normalized spacial score (nSPS) is 11.8. The van der Waals surface area contributed by atoms with Crippen molar-refractivity contribution in [3.05, 3.63) is 58.1 Å². The molecule has 0 heterocycles. The molecule has 2 aromatic rings. The number of sulfonamides is 1. The molecule has 0 unspecified atom stereocenters. The molecular weight excluding hydrogens is 418 g/mol. The van der Waals surface area contributed by atoms with Gasteiger partial charge in [0.1, 0.15) is 4.90 Å². The van der Waals surface area contributed by atoms with Gasteiger partial charge in [0, 0.05) is 44.0 Å². The smallest absolute Gasteiger partial charge is 0.270 e. The van der Waals surface area contributed by atoms with Gasteiger partial charge in [-0.15, -0.1) is 0 Å². The fourth-order valence-corrected chi connectivity index (χ4v) is 4.79. The van der Waals surface area contributed by atoms with Crippen molar-refractivity contribution < 1.29 is 13.3 Å². The number of non-ortho nitro benzene ring substituents is 1. The van der Waals surface area contributed by atoms with Crippen molar-refractivity contribution in [1.29, 1.82) is 0 Å². The van der Waals surface area contributed by atoms with Gasteiger partial charge >= 0.3 is 0 Å². The highest BCUT2D eigenvalue weighted by Crippen LogP contribution is 2.29. The lowest BCUT2D eigenvalue weighted by Gasteiger charge is -2.20. The molecule has 0 aliphatic carbocycles. The second-order valence-corrected chi connectivity index (χ2v) is 8.57. The molecule has 0 radical (unpaired) electrons. The fourth-order valence-electron chi connectivity index (χ4n) is 3.17. The lowest BCUT2D eigenvalue weighted by molar-refractivity contribution is -0.385. The zero-order valence-electron chi connectivity index (χ0n) is 18.3. The van der Waals surface area contributed by atoms with Crippen LogP contribution in [-0.4, -0.2) is 50.0 Å². The van der Waals surface area contributed by atoms with E-state index in [0.29, 0.717) is 0 Å². The van der Waals surface area contributed by atoms with Crippen molar-refractivity contribution in [3.63, 3.8) is 0 Å². The maximum absolute atomic E-state index is 13.0. The molecule has 0 bridgehead atoms. The first-order valence-corrected chi connectivity index (χ1v) is 11.6. The summed E-state index contributed by atoms with van der Waals surface area (Å²) in [4.78, 5) is 12.6. The second kappa shape index (κ2) is 10.9. The predicted octanol–water partition coefficient (Wildman–Crippen LogP) is 3.92. The summed E-state index contributed by atoms with van der Waals surface area (Å²) < 4.78 is 27.2. The molecule has 0 saturated carbocycles. The van der Waals surface area contributed by atoms with E-state index in [4.69, 9.17) is 0 Å². The largest absolute Gasteiger partial charge is 0.372 e. The van der Waals surface area contributed by atoms with Crippen molar-refractivity contribution in [3.8, 4) is 0 Å². The van der Waals surface area contributed by atoms with Gasteiger partial charge in [-0.3, -0.25) is 15.5 Å². The topological polar surface area (TPSA) is 108 Å². The van der Waals surface area contributed by atoms with E-state index in [2.05, 4.69) is 29.3 Å². The van der Waals surface area contributed by atoms with Crippen LogP contribution in [0.2, 0.25) is 0 Å². The Morgan fingerprint density at radius 2 is 1.61 bits per heavy atom. The zero-order valence-corrected chi connectivity index (χ0v) is 19.1. The van der Waals surface area contributed by atoms with Gasteiger partial charge in [-0.1, -0.05) is 26.0 Å². The van der Waals surface area contributed by atoms with Gasteiger partial charge in [-0.2, -0.15) is 9.41 Å². The summed E-state index contributed by atoms with van der Waals surface area (Å²) >= 11 is 0. The highest BCUT2D eigenvalue weighted by Gasteiger charge is 2.27. The lowest BCUT2D eigenvalue weighted by atomic mass is 10.2. The molecule has 0 aromatic heterocycles. The van der Waals surface area contributed by atoms with Gasteiger partial charge < -0.3 is 4.90 Å². The van der Waals surface area contributed by atoms with E-state index in [1.54, 1.807) is 20.1 Å². The van der Waals surface area contributed by atoms with Crippen molar-refractivity contribution in [2.45, 2.75) is 32.6 Å². The minimum atomic E-state index is -3.92. The molecule has 2 aromatic carbocycles. The van der Waals surface area contributed by atoms with Crippen LogP contribution in [0.5, 0.6) is 0 Å². The Bertz CT molecular complexity index is 1010. The third-order valence-corrected chi connectivity index (χ3v) is 7.01. The average Bonchev–Trinajstić information content (AvgIpc) is 2.76. The second-order valence-electron chi connectivity index (χ2n) is 6.66. The minimum absolute atomic E-state index is 0.175. The highest BCUT2D eigenvalue weighted by atomic mass is 32.2. The summed E-state index contributed by atoms with van der Waals surface area (Å²) in [7, 11) is -3.92.